The Labute approximate surface area is 404 Å². The molecule has 0 spiro atoms. The third-order valence-corrected chi connectivity index (χ3v) is 14.0. The standard InChI is InChI=1S/C67H52N2/c1-6-47(34-33-44(2)48-21-9-7-10-22-48)45(3)68-67(69(5)46(4)49-23-11-8-12-24-49)54-40-52(50-35-37-63-59-29-15-13-25-55(59)57-27-17-19-31-61(57)65(63)42-50)39-53(41-54)51-36-38-64-60-30-16-14-26-56(60)58-28-18-20-32-62(58)66(64)43-51/h6-43,46H,2-3H2,1,4-5H3/b34-33-,47-6+,68-67-. The molecule has 0 aliphatic heterocycles. The van der Waals surface area contributed by atoms with E-state index in [1.54, 1.807) is 0 Å². The molecule has 11 rings (SSSR count). The van der Waals surface area contributed by atoms with Gasteiger partial charge in [-0.15, -0.1) is 0 Å². The lowest BCUT2D eigenvalue weighted by molar-refractivity contribution is 0.403. The van der Waals surface area contributed by atoms with E-state index in [0.717, 1.165) is 50.4 Å². The van der Waals surface area contributed by atoms with Gasteiger partial charge in [-0.1, -0.05) is 213 Å². The Bertz CT molecular complexity index is 3660. The van der Waals surface area contributed by atoms with Crippen LogP contribution in [-0.4, -0.2) is 17.8 Å². The van der Waals surface area contributed by atoms with Crippen LogP contribution in [0.25, 0.3) is 92.5 Å². The molecule has 11 aromatic carbocycles. The molecule has 0 bridgehead atoms. The summed E-state index contributed by atoms with van der Waals surface area (Å²) in [7, 11) is 2.15. The van der Waals surface area contributed by atoms with Crippen molar-refractivity contribution < 1.29 is 0 Å². The van der Waals surface area contributed by atoms with E-state index >= 15 is 0 Å². The number of hydrogen-bond donors (Lipinski definition) is 0. The minimum Gasteiger partial charge on any atom is -0.352 e. The first kappa shape index (κ1) is 43.0. The SMILES string of the molecule is C=C(/N=C(/c1cc(-c2ccc3c4ccccc4c4ccccc4c3c2)cc(-c2ccc3c4ccccc4c4ccccc4c3c2)c1)N(C)C(C)c1ccccc1)C(/C=C\C(=C)c1ccccc1)=C/C. The van der Waals surface area contributed by atoms with Crippen LogP contribution in [0.2, 0.25) is 0 Å². The van der Waals surface area contributed by atoms with Gasteiger partial charge in [-0.2, -0.15) is 0 Å². The first-order valence-electron chi connectivity index (χ1n) is 23.8. The second kappa shape index (κ2) is 18.2. The average molecular weight is 885 g/mol. The first-order chi connectivity index (χ1) is 33.8. The van der Waals surface area contributed by atoms with Gasteiger partial charge in [0.1, 0.15) is 5.84 Å². The van der Waals surface area contributed by atoms with Crippen LogP contribution in [0.3, 0.4) is 0 Å². The summed E-state index contributed by atoms with van der Waals surface area (Å²) in [6, 6.07) is 77.1. The van der Waals surface area contributed by atoms with E-state index in [9.17, 15) is 0 Å². The molecule has 0 aliphatic rings. The zero-order valence-corrected chi connectivity index (χ0v) is 39.3. The van der Waals surface area contributed by atoms with Gasteiger partial charge in [-0.25, -0.2) is 4.99 Å². The summed E-state index contributed by atoms with van der Waals surface area (Å²) >= 11 is 0. The van der Waals surface area contributed by atoms with E-state index in [1.807, 2.05) is 25.1 Å². The molecule has 0 radical (unpaired) electrons. The van der Waals surface area contributed by atoms with Gasteiger partial charge in [0, 0.05) is 12.6 Å². The number of benzene rings is 11. The number of rotatable bonds is 10. The monoisotopic (exact) mass is 884 g/mol. The summed E-state index contributed by atoms with van der Waals surface area (Å²) < 4.78 is 0. The van der Waals surface area contributed by atoms with Crippen LogP contribution < -0.4 is 0 Å². The van der Waals surface area contributed by atoms with Crippen LogP contribution in [0.1, 0.15) is 36.6 Å². The molecule has 69 heavy (non-hydrogen) atoms. The molecule has 0 aromatic heterocycles. The lowest BCUT2D eigenvalue weighted by Gasteiger charge is -2.30. The maximum Gasteiger partial charge on any atom is 0.136 e. The molecule has 1 unspecified atom stereocenters. The molecule has 0 N–H and O–H groups in total. The molecule has 2 heteroatoms. The molecule has 11 aromatic rings. The van der Waals surface area contributed by atoms with Gasteiger partial charge in [-0.3, -0.25) is 0 Å². The van der Waals surface area contributed by atoms with E-state index in [4.69, 9.17) is 4.99 Å². The predicted molar refractivity (Wildman–Crippen MR) is 299 cm³/mol. The van der Waals surface area contributed by atoms with E-state index < -0.39 is 0 Å². The fourth-order valence-corrected chi connectivity index (χ4v) is 10.2. The van der Waals surface area contributed by atoms with E-state index in [1.165, 1.54) is 70.2 Å². The van der Waals surface area contributed by atoms with Crippen molar-refractivity contribution >= 4 is 76.0 Å². The second-order valence-corrected chi connectivity index (χ2v) is 18.1. The van der Waals surface area contributed by atoms with Gasteiger partial charge < -0.3 is 4.90 Å². The minimum absolute atomic E-state index is 0.00654. The minimum atomic E-state index is -0.00654. The molecule has 1 atom stereocenters. The Morgan fingerprint density at radius 3 is 1.25 bits per heavy atom. The maximum atomic E-state index is 5.53. The van der Waals surface area contributed by atoms with E-state index in [-0.39, 0.29) is 6.04 Å². The van der Waals surface area contributed by atoms with Gasteiger partial charge in [0.2, 0.25) is 0 Å². The molecule has 330 valence electrons. The fraction of sp³-hybridized carbons (Fsp3) is 0.0597. The second-order valence-electron chi connectivity index (χ2n) is 18.1. The zero-order chi connectivity index (χ0) is 47.0. The summed E-state index contributed by atoms with van der Waals surface area (Å²) in [6.07, 6.45) is 6.21. The Hall–Kier alpha value is -8.59. The molecule has 0 fully saturated rings. The van der Waals surface area contributed by atoms with Crippen LogP contribution in [0.5, 0.6) is 0 Å². The van der Waals surface area contributed by atoms with Crippen molar-refractivity contribution in [2.75, 3.05) is 7.05 Å². The Kier molecular flexibility index (Phi) is 11.4. The largest absolute Gasteiger partial charge is 0.352 e. The van der Waals surface area contributed by atoms with E-state index in [0.29, 0.717) is 5.70 Å². The molecule has 2 nitrogen and oxygen atoms in total. The molecule has 0 heterocycles. The summed E-state index contributed by atoms with van der Waals surface area (Å²) in [5, 5.41) is 15.0. The van der Waals surface area contributed by atoms with Crippen molar-refractivity contribution in [3.05, 3.63) is 272 Å². The summed E-state index contributed by atoms with van der Waals surface area (Å²) in [6.45, 7) is 13.3. The van der Waals surface area contributed by atoms with Gasteiger partial charge in [0.15, 0.2) is 0 Å². The van der Waals surface area contributed by atoms with Gasteiger partial charge in [-0.05, 0) is 153 Å². The summed E-state index contributed by atoms with van der Waals surface area (Å²) in [4.78, 5) is 7.83. The van der Waals surface area contributed by atoms with Crippen molar-refractivity contribution in [1.29, 1.82) is 0 Å². The quantitative estimate of drug-likeness (QED) is 0.0578. The van der Waals surface area contributed by atoms with Crippen LogP contribution in [0.15, 0.2) is 260 Å². The van der Waals surface area contributed by atoms with Gasteiger partial charge >= 0.3 is 0 Å². The summed E-state index contributed by atoms with van der Waals surface area (Å²) in [5.74, 6) is 0.823. The number of aliphatic imine (C=N–C) groups is 1. The van der Waals surface area contributed by atoms with Crippen molar-refractivity contribution in [2.24, 2.45) is 4.99 Å². The van der Waals surface area contributed by atoms with Crippen LogP contribution in [0.4, 0.5) is 0 Å². The first-order valence-corrected chi connectivity index (χ1v) is 23.8. The number of hydrogen-bond acceptors (Lipinski definition) is 1. The summed E-state index contributed by atoms with van der Waals surface area (Å²) in [5.41, 5.74) is 10.3. The molecular weight excluding hydrogens is 833 g/mol. The molecule has 0 saturated carbocycles. The average Bonchev–Trinajstić information content (AvgIpc) is 3.42. The highest BCUT2D eigenvalue weighted by Gasteiger charge is 2.21. The van der Waals surface area contributed by atoms with Crippen LogP contribution in [0, 0.1) is 0 Å². The van der Waals surface area contributed by atoms with Crippen molar-refractivity contribution in [3.63, 3.8) is 0 Å². The van der Waals surface area contributed by atoms with E-state index in [2.05, 4.69) is 244 Å². The van der Waals surface area contributed by atoms with Gasteiger partial charge in [0.25, 0.3) is 0 Å². The fourth-order valence-electron chi connectivity index (χ4n) is 10.2. The Balaban J connectivity index is 1.14. The van der Waals surface area contributed by atoms with Gasteiger partial charge in [0.05, 0.1) is 11.7 Å². The molecular formula is C67H52N2. The maximum absolute atomic E-state index is 5.53. The van der Waals surface area contributed by atoms with Crippen molar-refractivity contribution in [2.45, 2.75) is 19.9 Å². The number of amidine groups is 1. The Morgan fingerprint density at radius 1 is 0.420 bits per heavy atom. The molecule has 0 amide bonds. The highest BCUT2D eigenvalue weighted by atomic mass is 15.2. The normalized spacial score (nSPS) is 12.7. The number of nitrogens with zero attached hydrogens (tertiary/aromatic N) is 2. The Morgan fingerprint density at radius 2 is 0.812 bits per heavy atom. The van der Waals surface area contributed by atoms with Crippen LogP contribution in [-0.2, 0) is 0 Å². The number of allylic oxidation sites excluding steroid dienone is 4. The third kappa shape index (κ3) is 8.00. The topological polar surface area (TPSA) is 15.6 Å². The highest BCUT2D eigenvalue weighted by molar-refractivity contribution is 6.27. The molecule has 0 saturated heterocycles. The smallest absolute Gasteiger partial charge is 0.136 e. The lowest BCUT2D eigenvalue weighted by atomic mass is 9.89. The van der Waals surface area contributed by atoms with Crippen molar-refractivity contribution in [3.8, 4) is 22.3 Å². The number of fused-ring (bicyclic) bond motifs is 12. The zero-order valence-electron chi connectivity index (χ0n) is 39.3. The van der Waals surface area contributed by atoms with Crippen molar-refractivity contribution in [1.82, 2.24) is 4.90 Å². The predicted octanol–water partition coefficient (Wildman–Crippen LogP) is 18.1. The highest BCUT2D eigenvalue weighted by Crippen LogP contribution is 2.41. The third-order valence-electron chi connectivity index (χ3n) is 14.0. The molecule has 0 aliphatic carbocycles. The lowest BCUT2D eigenvalue weighted by Crippen LogP contribution is -2.31. The van der Waals surface area contributed by atoms with Crippen LogP contribution >= 0.6 is 0 Å².